The average molecular weight is 337 g/mol. The first-order valence-electron chi connectivity index (χ1n) is 8.53. The zero-order valence-corrected chi connectivity index (χ0v) is 14.7. The minimum Gasteiger partial charge on any atom is -0.493 e. The van der Waals surface area contributed by atoms with Crippen LogP contribution in [0.4, 0.5) is 0 Å². The Hall–Kier alpha value is -2.75. The Bertz CT molecular complexity index is 832. The SMILES string of the molecule is COc1ccccc1OCCCCOc1cccc2ccc(C)nc12. The van der Waals surface area contributed by atoms with Crippen molar-refractivity contribution in [3.05, 3.63) is 60.3 Å². The lowest BCUT2D eigenvalue weighted by Crippen LogP contribution is -2.03. The second-order valence-electron chi connectivity index (χ2n) is 5.84. The maximum absolute atomic E-state index is 5.93. The van der Waals surface area contributed by atoms with Crippen LogP contribution in [-0.4, -0.2) is 25.3 Å². The standard InChI is InChI=1S/C21H23NO3/c1-16-12-13-17-8-7-11-20(21(17)22-16)25-15-6-5-14-24-19-10-4-3-9-18(19)23-2/h3-4,7-13H,5-6,14-15H2,1-2H3. The van der Waals surface area contributed by atoms with Gasteiger partial charge in [0.1, 0.15) is 11.3 Å². The van der Waals surface area contributed by atoms with Crippen LogP contribution in [0.5, 0.6) is 17.2 Å². The van der Waals surface area contributed by atoms with Crippen LogP contribution in [0.1, 0.15) is 18.5 Å². The molecule has 1 heterocycles. The number of benzene rings is 2. The molecule has 0 unspecified atom stereocenters. The molecule has 0 fully saturated rings. The number of aromatic nitrogens is 1. The number of fused-ring (bicyclic) bond motifs is 1. The molecule has 0 amide bonds. The molecule has 0 spiro atoms. The van der Waals surface area contributed by atoms with Crippen molar-refractivity contribution in [3.8, 4) is 17.2 Å². The minimum absolute atomic E-state index is 0.636. The summed E-state index contributed by atoms with van der Waals surface area (Å²) >= 11 is 0. The molecule has 0 N–H and O–H groups in total. The molecule has 1 aromatic heterocycles. The quantitative estimate of drug-likeness (QED) is 0.554. The number of unbranched alkanes of at least 4 members (excludes halogenated alkanes) is 1. The number of hydrogen-bond acceptors (Lipinski definition) is 4. The molecule has 4 nitrogen and oxygen atoms in total. The van der Waals surface area contributed by atoms with Gasteiger partial charge in [0.15, 0.2) is 11.5 Å². The van der Waals surface area contributed by atoms with Crippen molar-refractivity contribution < 1.29 is 14.2 Å². The summed E-state index contributed by atoms with van der Waals surface area (Å²) in [5.41, 5.74) is 1.92. The number of aryl methyl sites for hydroxylation is 1. The fourth-order valence-electron chi connectivity index (χ4n) is 2.64. The van der Waals surface area contributed by atoms with Gasteiger partial charge in [-0.2, -0.15) is 0 Å². The highest BCUT2D eigenvalue weighted by Crippen LogP contribution is 2.26. The molecule has 4 heteroatoms. The topological polar surface area (TPSA) is 40.6 Å². The van der Waals surface area contributed by atoms with E-state index in [0.717, 1.165) is 46.7 Å². The van der Waals surface area contributed by atoms with Gasteiger partial charge in [0, 0.05) is 11.1 Å². The van der Waals surface area contributed by atoms with E-state index in [4.69, 9.17) is 14.2 Å². The molecule has 0 bridgehead atoms. The zero-order chi connectivity index (χ0) is 17.5. The second-order valence-corrected chi connectivity index (χ2v) is 5.84. The third-order valence-corrected chi connectivity index (χ3v) is 3.95. The molecule has 0 aliphatic rings. The Kier molecular flexibility index (Phi) is 5.73. The van der Waals surface area contributed by atoms with Gasteiger partial charge < -0.3 is 14.2 Å². The van der Waals surface area contributed by atoms with Crippen LogP contribution in [0.15, 0.2) is 54.6 Å². The largest absolute Gasteiger partial charge is 0.493 e. The number of rotatable bonds is 8. The Morgan fingerprint density at radius 1 is 0.760 bits per heavy atom. The molecule has 0 aliphatic heterocycles. The normalized spacial score (nSPS) is 10.6. The number of pyridine rings is 1. The van der Waals surface area contributed by atoms with Gasteiger partial charge in [0.2, 0.25) is 0 Å². The predicted octanol–water partition coefficient (Wildman–Crippen LogP) is 4.79. The van der Waals surface area contributed by atoms with E-state index in [-0.39, 0.29) is 0 Å². The van der Waals surface area contributed by atoms with Gasteiger partial charge in [-0.1, -0.05) is 30.3 Å². The van der Waals surface area contributed by atoms with Crippen molar-refractivity contribution in [2.24, 2.45) is 0 Å². The Morgan fingerprint density at radius 3 is 2.20 bits per heavy atom. The molecular weight excluding hydrogens is 314 g/mol. The summed E-state index contributed by atoms with van der Waals surface area (Å²) in [6.07, 6.45) is 1.83. The smallest absolute Gasteiger partial charge is 0.161 e. The van der Waals surface area contributed by atoms with Gasteiger partial charge in [-0.05, 0) is 44.0 Å². The van der Waals surface area contributed by atoms with Crippen molar-refractivity contribution in [3.63, 3.8) is 0 Å². The van der Waals surface area contributed by atoms with E-state index in [0.29, 0.717) is 13.2 Å². The number of nitrogens with zero attached hydrogens (tertiary/aromatic N) is 1. The van der Waals surface area contributed by atoms with Crippen molar-refractivity contribution in [2.75, 3.05) is 20.3 Å². The summed E-state index contributed by atoms with van der Waals surface area (Å²) in [6.45, 7) is 3.27. The van der Waals surface area contributed by atoms with E-state index in [1.807, 2.05) is 49.4 Å². The lowest BCUT2D eigenvalue weighted by Gasteiger charge is -2.11. The number of hydrogen-bond donors (Lipinski definition) is 0. The van der Waals surface area contributed by atoms with Crippen LogP contribution in [-0.2, 0) is 0 Å². The van der Waals surface area contributed by atoms with Crippen LogP contribution in [0.25, 0.3) is 10.9 Å². The zero-order valence-electron chi connectivity index (χ0n) is 14.7. The van der Waals surface area contributed by atoms with Gasteiger partial charge in [0.25, 0.3) is 0 Å². The highest BCUT2D eigenvalue weighted by Gasteiger charge is 2.05. The first-order valence-corrected chi connectivity index (χ1v) is 8.53. The summed E-state index contributed by atoms with van der Waals surface area (Å²) in [5.74, 6) is 2.38. The van der Waals surface area contributed by atoms with E-state index >= 15 is 0 Å². The molecule has 2 aromatic carbocycles. The number of methoxy groups -OCH3 is 1. The van der Waals surface area contributed by atoms with E-state index in [2.05, 4.69) is 17.1 Å². The van der Waals surface area contributed by atoms with Gasteiger partial charge in [-0.3, -0.25) is 0 Å². The summed E-state index contributed by atoms with van der Waals surface area (Å²) < 4.78 is 17.0. The van der Waals surface area contributed by atoms with Gasteiger partial charge in [-0.25, -0.2) is 4.98 Å². The molecule has 3 rings (SSSR count). The third kappa shape index (κ3) is 4.41. The third-order valence-electron chi connectivity index (χ3n) is 3.95. The lowest BCUT2D eigenvalue weighted by atomic mass is 10.2. The Balaban J connectivity index is 1.47. The van der Waals surface area contributed by atoms with E-state index in [1.54, 1.807) is 7.11 Å². The summed E-state index contributed by atoms with van der Waals surface area (Å²) in [5, 5.41) is 1.10. The monoisotopic (exact) mass is 337 g/mol. The molecule has 25 heavy (non-hydrogen) atoms. The summed E-state index contributed by atoms with van der Waals surface area (Å²) in [4.78, 5) is 4.59. The number of ether oxygens (including phenoxy) is 3. The van der Waals surface area contributed by atoms with Crippen LogP contribution in [0.3, 0.4) is 0 Å². The molecule has 0 atom stereocenters. The molecule has 130 valence electrons. The van der Waals surface area contributed by atoms with Crippen LogP contribution < -0.4 is 14.2 Å². The minimum atomic E-state index is 0.636. The molecule has 0 saturated heterocycles. The molecule has 0 radical (unpaired) electrons. The molecule has 0 aliphatic carbocycles. The molecule has 3 aromatic rings. The molecule has 0 saturated carbocycles. The van der Waals surface area contributed by atoms with Gasteiger partial charge >= 0.3 is 0 Å². The van der Waals surface area contributed by atoms with Crippen molar-refractivity contribution >= 4 is 10.9 Å². The molecular formula is C21H23NO3. The van der Waals surface area contributed by atoms with E-state index in [9.17, 15) is 0 Å². The number of para-hydroxylation sites is 3. The van der Waals surface area contributed by atoms with Crippen LogP contribution >= 0.6 is 0 Å². The van der Waals surface area contributed by atoms with Gasteiger partial charge in [-0.15, -0.1) is 0 Å². The van der Waals surface area contributed by atoms with Gasteiger partial charge in [0.05, 0.1) is 20.3 Å². The first kappa shape index (κ1) is 17.1. The van der Waals surface area contributed by atoms with Crippen molar-refractivity contribution in [1.29, 1.82) is 0 Å². The van der Waals surface area contributed by atoms with Crippen LogP contribution in [0.2, 0.25) is 0 Å². The second kappa shape index (κ2) is 8.38. The lowest BCUT2D eigenvalue weighted by molar-refractivity contribution is 0.259. The fourth-order valence-corrected chi connectivity index (χ4v) is 2.64. The Labute approximate surface area is 148 Å². The van der Waals surface area contributed by atoms with Crippen molar-refractivity contribution in [1.82, 2.24) is 4.98 Å². The Morgan fingerprint density at radius 2 is 1.44 bits per heavy atom. The summed E-state index contributed by atoms with van der Waals surface area (Å²) in [6, 6.07) is 17.8. The maximum atomic E-state index is 5.93. The maximum Gasteiger partial charge on any atom is 0.161 e. The first-order chi connectivity index (χ1) is 12.3. The van der Waals surface area contributed by atoms with E-state index in [1.165, 1.54) is 0 Å². The fraction of sp³-hybridized carbons (Fsp3) is 0.286. The van der Waals surface area contributed by atoms with Crippen LogP contribution in [0, 0.1) is 6.92 Å². The van der Waals surface area contributed by atoms with E-state index < -0.39 is 0 Å². The predicted molar refractivity (Wildman–Crippen MR) is 99.7 cm³/mol. The average Bonchev–Trinajstić information content (AvgIpc) is 2.65. The highest BCUT2D eigenvalue weighted by atomic mass is 16.5. The highest BCUT2D eigenvalue weighted by molar-refractivity contribution is 5.84. The van der Waals surface area contributed by atoms with Crippen molar-refractivity contribution in [2.45, 2.75) is 19.8 Å². The summed E-state index contributed by atoms with van der Waals surface area (Å²) in [7, 11) is 1.65.